The van der Waals surface area contributed by atoms with Gasteiger partial charge < -0.3 is 15.8 Å². The Morgan fingerprint density at radius 1 is 1.60 bits per heavy atom. The van der Waals surface area contributed by atoms with Crippen LogP contribution in [0.25, 0.3) is 0 Å². The van der Waals surface area contributed by atoms with Gasteiger partial charge in [-0.25, -0.2) is 0 Å². The maximum Gasteiger partial charge on any atom is 0.234 e. The topological polar surface area (TPSA) is 67.6 Å². The summed E-state index contributed by atoms with van der Waals surface area (Å²) in [5.41, 5.74) is 5.76. The summed E-state index contributed by atoms with van der Waals surface area (Å²) in [5, 5.41) is 2.82. The van der Waals surface area contributed by atoms with E-state index in [4.69, 9.17) is 10.5 Å². The first kappa shape index (κ1) is 14.3. The lowest BCUT2D eigenvalue weighted by atomic mass is 10.3. The number of amides is 1. The summed E-state index contributed by atoms with van der Waals surface area (Å²) in [4.78, 5) is 13.2. The summed E-state index contributed by atoms with van der Waals surface area (Å²) in [6, 6.07) is -0.0426. The second-order valence-corrected chi connectivity index (χ2v) is 3.76. The van der Waals surface area contributed by atoms with Gasteiger partial charge in [0.25, 0.3) is 0 Å². The van der Waals surface area contributed by atoms with E-state index < -0.39 is 0 Å². The van der Waals surface area contributed by atoms with Gasteiger partial charge in [0.2, 0.25) is 5.91 Å². The molecular weight excluding hydrogens is 194 g/mol. The lowest BCUT2D eigenvalue weighted by molar-refractivity contribution is -0.122. The van der Waals surface area contributed by atoms with E-state index in [2.05, 4.69) is 5.32 Å². The van der Waals surface area contributed by atoms with Crippen molar-refractivity contribution >= 4 is 5.91 Å². The fourth-order valence-corrected chi connectivity index (χ4v) is 1.30. The number of carbonyl (C=O) groups is 1. The lowest BCUT2D eigenvalue weighted by Gasteiger charge is -2.20. The smallest absolute Gasteiger partial charge is 0.234 e. The van der Waals surface area contributed by atoms with Crippen molar-refractivity contribution in [2.24, 2.45) is 5.73 Å². The third-order valence-corrected chi connectivity index (χ3v) is 1.91. The molecule has 0 aromatic rings. The van der Waals surface area contributed by atoms with Crippen LogP contribution in [-0.4, -0.2) is 57.2 Å². The summed E-state index contributed by atoms with van der Waals surface area (Å²) in [6.45, 7) is 4.32. The van der Waals surface area contributed by atoms with Crippen LogP contribution in [0.5, 0.6) is 0 Å². The molecule has 0 aromatic heterocycles. The molecule has 0 spiro atoms. The van der Waals surface area contributed by atoms with E-state index in [0.29, 0.717) is 19.7 Å². The quantitative estimate of drug-likeness (QED) is 0.571. The van der Waals surface area contributed by atoms with Crippen LogP contribution >= 0.6 is 0 Å². The standard InChI is InChI=1S/C10H23N3O2/c1-4-5-12-10(14)7-13(2)6-9(11)8-15-3/h9H,4-8,11H2,1-3H3,(H,12,14). The van der Waals surface area contributed by atoms with Gasteiger partial charge in [0.15, 0.2) is 0 Å². The van der Waals surface area contributed by atoms with Crippen molar-refractivity contribution in [3.63, 3.8) is 0 Å². The molecule has 0 fully saturated rings. The maximum absolute atomic E-state index is 11.3. The molecule has 0 heterocycles. The Labute approximate surface area is 91.9 Å². The van der Waals surface area contributed by atoms with Crippen LogP contribution in [0.4, 0.5) is 0 Å². The second-order valence-electron chi connectivity index (χ2n) is 3.76. The molecule has 1 atom stereocenters. The van der Waals surface area contributed by atoms with Gasteiger partial charge in [-0.2, -0.15) is 0 Å². The molecule has 0 aliphatic heterocycles. The van der Waals surface area contributed by atoms with Gasteiger partial charge in [0.1, 0.15) is 0 Å². The van der Waals surface area contributed by atoms with Gasteiger partial charge >= 0.3 is 0 Å². The molecule has 0 aromatic carbocycles. The highest BCUT2D eigenvalue weighted by Crippen LogP contribution is 1.87. The minimum absolute atomic E-state index is 0.0426. The normalized spacial score (nSPS) is 12.9. The van der Waals surface area contributed by atoms with Gasteiger partial charge in [0, 0.05) is 26.2 Å². The Morgan fingerprint density at radius 3 is 2.80 bits per heavy atom. The molecule has 5 heteroatoms. The number of nitrogens with two attached hydrogens (primary N) is 1. The summed E-state index contributed by atoms with van der Waals surface area (Å²) in [6.07, 6.45) is 0.957. The zero-order valence-electron chi connectivity index (χ0n) is 9.95. The Balaban J connectivity index is 3.62. The minimum atomic E-state index is -0.0426. The second kappa shape index (κ2) is 8.64. The SMILES string of the molecule is CCCNC(=O)CN(C)CC(N)COC. The van der Waals surface area contributed by atoms with Gasteiger partial charge in [0.05, 0.1) is 13.2 Å². The average Bonchev–Trinajstić information content (AvgIpc) is 2.14. The number of methoxy groups -OCH3 is 1. The molecule has 0 aliphatic rings. The van der Waals surface area contributed by atoms with E-state index in [0.717, 1.165) is 13.0 Å². The van der Waals surface area contributed by atoms with Crippen molar-refractivity contribution in [2.45, 2.75) is 19.4 Å². The van der Waals surface area contributed by atoms with Crippen molar-refractivity contribution in [3.8, 4) is 0 Å². The number of carbonyl (C=O) groups excluding carboxylic acids is 1. The monoisotopic (exact) mass is 217 g/mol. The zero-order chi connectivity index (χ0) is 11.7. The molecule has 15 heavy (non-hydrogen) atoms. The third-order valence-electron chi connectivity index (χ3n) is 1.91. The Morgan fingerprint density at radius 2 is 2.27 bits per heavy atom. The highest BCUT2D eigenvalue weighted by atomic mass is 16.5. The van der Waals surface area contributed by atoms with E-state index in [1.54, 1.807) is 7.11 Å². The number of rotatable bonds is 8. The highest BCUT2D eigenvalue weighted by molar-refractivity contribution is 5.77. The van der Waals surface area contributed by atoms with Crippen molar-refractivity contribution in [1.82, 2.24) is 10.2 Å². The van der Waals surface area contributed by atoms with Crippen molar-refractivity contribution in [3.05, 3.63) is 0 Å². The largest absolute Gasteiger partial charge is 0.383 e. The maximum atomic E-state index is 11.3. The van der Waals surface area contributed by atoms with Crippen molar-refractivity contribution in [2.75, 3.05) is 40.4 Å². The summed E-state index contributed by atoms with van der Waals surface area (Å²) < 4.78 is 4.92. The molecule has 0 aliphatic carbocycles. The number of hydrogen-bond donors (Lipinski definition) is 2. The number of nitrogens with one attached hydrogen (secondary N) is 1. The first-order valence-electron chi connectivity index (χ1n) is 5.29. The van der Waals surface area contributed by atoms with Crippen LogP contribution < -0.4 is 11.1 Å². The molecule has 1 unspecified atom stereocenters. The number of ether oxygens (including phenoxy) is 1. The van der Waals surface area contributed by atoms with E-state index in [1.165, 1.54) is 0 Å². The molecule has 0 saturated carbocycles. The molecule has 90 valence electrons. The molecule has 0 radical (unpaired) electrons. The van der Waals surface area contributed by atoms with Crippen molar-refractivity contribution < 1.29 is 9.53 Å². The molecule has 0 bridgehead atoms. The molecule has 3 N–H and O–H groups in total. The minimum Gasteiger partial charge on any atom is -0.383 e. The molecular formula is C10H23N3O2. The van der Waals surface area contributed by atoms with Crippen LogP contribution in [0, 0.1) is 0 Å². The van der Waals surface area contributed by atoms with Crippen LogP contribution in [0.2, 0.25) is 0 Å². The Hall–Kier alpha value is -0.650. The van der Waals surface area contributed by atoms with Crippen LogP contribution in [-0.2, 0) is 9.53 Å². The van der Waals surface area contributed by atoms with Crippen LogP contribution in [0.1, 0.15) is 13.3 Å². The number of likely N-dealkylation sites (N-methyl/N-ethyl adjacent to an activating group) is 1. The van der Waals surface area contributed by atoms with E-state index >= 15 is 0 Å². The fourth-order valence-electron chi connectivity index (χ4n) is 1.30. The Bertz CT molecular complexity index is 176. The summed E-state index contributed by atoms with van der Waals surface area (Å²) in [7, 11) is 3.49. The van der Waals surface area contributed by atoms with E-state index in [9.17, 15) is 4.79 Å². The first-order chi connectivity index (χ1) is 7.10. The predicted octanol–water partition coefficient (Wildman–Crippen LogP) is -0.582. The third kappa shape index (κ3) is 8.35. The predicted molar refractivity (Wildman–Crippen MR) is 60.6 cm³/mol. The highest BCUT2D eigenvalue weighted by Gasteiger charge is 2.09. The summed E-state index contributed by atoms with van der Waals surface area (Å²) in [5.74, 6) is 0.0453. The van der Waals surface area contributed by atoms with Gasteiger partial charge in [-0.1, -0.05) is 6.92 Å². The molecule has 0 rings (SSSR count). The number of hydrogen-bond acceptors (Lipinski definition) is 4. The summed E-state index contributed by atoms with van der Waals surface area (Å²) >= 11 is 0. The first-order valence-corrected chi connectivity index (χ1v) is 5.29. The lowest BCUT2D eigenvalue weighted by Crippen LogP contribution is -2.43. The Kier molecular flexibility index (Phi) is 8.27. The number of nitrogens with zero attached hydrogens (tertiary/aromatic N) is 1. The van der Waals surface area contributed by atoms with E-state index in [1.807, 2.05) is 18.9 Å². The van der Waals surface area contributed by atoms with Crippen LogP contribution in [0.15, 0.2) is 0 Å². The van der Waals surface area contributed by atoms with Gasteiger partial charge in [-0.15, -0.1) is 0 Å². The van der Waals surface area contributed by atoms with E-state index in [-0.39, 0.29) is 11.9 Å². The molecule has 0 saturated heterocycles. The molecule has 1 amide bonds. The van der Waals surface area contributed by atoms with Crippen LogP contribution in [0.3, 0.4) is 0 Å². The zero-order valence-corrected chi connectivity index (χ0v) is 9.95. The average molecular weight is 217 g/mol. The fraction of sp³-hybridized carbons (Fsp3) is 0.900. The van der Waals surface area contributed by atoms with Crippen molar-refractivity contribution in [1.29, 1.82) is 0 Å². The van der Waals surface area contributed by atoms with Gasteiger partial charge in [-0.05, 0) is 13.5 Å². The van der Waals surface area contributed by atoms with Gasteiger partial charge in [-0.3, -0.25) is 9.69 Å². The molecule has 5 nitrogen and oxygen atoms in total.